The number of rotatable bonds is 7. The van der Waals surface area contributed by atoms with E-state index >= 15 is 0 Å². The minimum absolute atomic E-state index is 0.121. The molecule has 0 bridgehead atoms. The number of para-hydroxylation sites is 1. The Hall–Kier alpha value is -2.18. The lowest BCUT2D eigenvalue weighted by Crippen LogP contribution is -2.34. The number of benzene rings is 1. The van der Waals surface area contributed by atoms with Crippen molar-refractivity contribution in [1.82, 2.24) is 19.9 Å². The topological polar surface area (TPSA) is 63.4 Å². The molecule has 2 aromatic rings. The summed E-state index contributed by atoms with van der Waals surface area (Å²) < 4.78 is 7.34. The van der Waals surface area contributed by atoms with Crippen molar-refractivity contribution in [3.63, 3.8) is 0 Å². The average Bonchev–Trinajstić information content (AvgIpc) is 3.12. The molecular formula is C19H26N4O2. The number of ether oxygens (including phenoxy) is 1. The summed E-state index contributed by atoms with van der Waals surface area (Å²) in [7, 11) is 1.70. The second-order valence-electron chi connectivity index (χ2n) is 6.34. The van der Waals surface area contributed by atoms with Crippen molar-refractivity contribution in [2.75, 3.05) is 33.4 Å². The largest absolute Gasteiger partial charge is 0.496 e. The molecule has 0 radical (unpaired) electrons. The van der Waals surface area contributed by atoms with Crippen LogP contribution in [-0.2, 0) is 6.42 Å². The number of aromatic nitrogens is 3. The first kappa shape index (κ1) is 17.6. The van der Waals surface area contributed by atoms with E-state index in [0.717, 1.165) is 49.5 Å². The summed E-state index contributed by atoms with van der Waals surface area (Å²) in [5.41, 5.74) is 1.98. The minimum atomic E-state index is 0.121. The van der Waals surface area contributed by atoms with Gasteiger partial charge in [-0.25, -0.2) is 4.68 Å². The molecular weight excluding hydrogens is 316 g/mol. The van der Waals surface area contributed by atoms with Crippen molar-refractivity contribution in [2.24, 2.45) is 0 Å². The second-order valence-corrected chi connectivity index (χ2v) is 6.34. The number of aliphatic hydroxyl groups excluding tert-OH is 1. The number of hydrogen-bond donors (Lipinski definition) is 1. The van der Waals surface area contributed by atoms with Crippen LogP contribution < -0.4 is 4.74 Å². The van der Waals surface area contributed by atoms with E-state index in [1.54, 1.807) is 7.11 Å². The molecule has 6 heteroatoms. The van der Waals surface area contributed by atoms with Crippen molar-refractivity contribution < 1.29 is 9.84 Å². The lowest BCUT2D eigenvalue weighted by atomic mass is 10.1. The first-order chi connectivity index (χ1) is 12.3. The van der Waals surface area contributed by atoms with Gasteiger partial charge in [0.2, 0.25) is 0 Å². The zero-order valence-electron chi connectivity index (χ0n) is 14.7. The van der Waals surface area contributed by atoms with Crippen molar-refractivity contribution in [1.29, 1.82) is 0 Å². The van der Waals surface area contributed by atoms with Crippen LogP contribution in [0, 0.1) is 0 Å². The molecule has 0 saturated carbocycles. The van der Waals surface area contributed by atoms with Gasteiger partial charge >= 0.3 is 0 Å². The van der Waals surface area contributed by atoms with Crippen LogP contribution in [0.2, 0.25) is 0 Å². The van der Waals surface area contributed by atoms with Crippen LogP contribution in [0.5, 0.6) is 5.75 Å². The summed E-state index contributed by atoms with van der Waals surface area (Å²) in [6, 6.07) is 8.47. The highest BCUT2D eigenvalue weighted by atomic mass is 16.5. The maximum atomic E-state index is 8.97. The van der Waals surface area contributed by atoms with Gasteiger partial charge in [-0.05, 0) is 18.9 Å². The standard InChI is InChI=1S/C19H26N4O2/c1-25-19-7-3-2-5-16(19)6-4-11-22-12-8-18(9-13-22)23-15-17(10-14-24)20-21-23/h2-7,15,18,24H,8-14H2,1H3. The highest BCUT2D eigenvalue weighted by Gasteiger charge is 2.20. The van der Waals surface area contributed by atoms with Crippen LogP contribution in [0.4, 0.5) is 0 Å². The molecule has 1 aliphatic rings. The van der Waals surface area contributed by atoms with E-state index in [1.165, 1.54) is 0 Å². The molecule has 3 rings (SSSR count). The summed E-state index contributed by atoms with van der Waals surface area (Å²) >= 11 is 0. The van der Waals surface area contributed by atoms with Crippen molar-refractivity contribution >= 4 is 6.08 Å². The zero-order chi connectivity index (χ0) is 17.5. The first-order valence-corrected chi connectivity index (χ1v) is 8.83. The first-order valence-electron chi connectivity index (χ1n) is 8.83. The SMILES string of the molecule is COc1ccccc1C=CCN1CCC(n2cc(CCO)nn2)CC1. The van der Waals surface area contributed by atoms with Gasteiger partial charge in [0.05, 0.1) is 18.8 Å². The lowest BCUT2D eigenvalue weighted by Gasteiger charge is -2.30. The highest BCUT2D eigenvalue weighted by molar-refractivity contribution is 5.57. The summed E-state index contributed by atoms with van der Waals surface area (Å²) in [4.78, 5) is 2.45. The van der Waals surface area contributed by atoms with Crippen LogP contribution in [0.3, 0.4) is 0 Å². The number of hydrogen-bond acceptors (Lipinski definition) is 5. The van der Waals surface area contributed by atoms with E-state index in [9.17, 15) is 0 Å². The molecule has 0 spiro atoms. The molecule has 1 saturated heterocycles. The molecule has 0 unspecified atom stereocenters. The molecule has 1 N–H and O–H groups in total. The summed E-state index contributed by atoms with van der Waals surface area (Å²) in [6.45, 7) is 3.17. The molecule has 0 aliphatic carbocycles. The molecule has 0 amide bonds. The van der Waals surface area contributed by atoms with Crippen molar-refractivity contribution in [2.45, 2.75) is 25.3 Å². The molecule has 2 heterocycles. The Labute approximate surface area is 148 Å². The molecule has 25 heavy (non-hydrogen) atoms. The number of methoxy groups -OCH3 is 1. The van der Waals surface area contributed by atoms with Gasteiger partial charge in [-0.1, -0.05) is 35.6 Å². The van der Waals surface area contributed by atoms with E-state index in [4.69, 9.17) is 9.84 Å². The maximum absolute atomic E-state index is 8.97. The lowest BCUT2D eigenvalue weighted by molar-refractivity contribution is 0.194. The van der Waals surface area contributed by atoms with Gasteiger partial charge in [0.1, 0.15) is 5.75 Å². The molecule has 134 valence electrons. The summed E-state index contributed by atoms with van der Waals surface area (Å²) in [5.74, 6) is 0.905. The Balaban J connectivity index is 1.48. The highest BCUT2D eigenvalue weighted by Crippen LogP contribution is 2.22. The van der Waals surface area contributed by atoms with E-state index in [-0.39, 0.29) is 6.61 Å². The Kier molecular flexibility index (Phi) is 6.19. The fourth-order valence-electron chi connectivity index (χ4n) is 3.22. The molecule has 1 aliphatic heterocycles. The van der Waals surface area contributed by atoms with E-state index in [0.29, 0.717) is 12.5 Å². The molecule has 1 fully saturated rings. The fraction of sp³-hybridized carbons (Fsp3) is 0.474. The number of nitrogens with zero attached hydrogens (tertiary/aromatic N) is 4. The number of likely N-dealkylation sites (tertiary alicyclic amines) is 1. The molecule has 6 nitrogen and oxygen atoms in total. The third-order valence-corrected chi connectivity index (χ3v) is 4.66. The number of aliphatic hydroxyl groups is 1. The molecule has 0 atom stereocenters. The monoisotopic (exact) mass is 342 g/mol. The maximum Gasteiger partial charge on any atom is 0.126 e. The number of piperidine rings is 1. The quantitative estimate of drug-likeness (QED) is 0.835. The fourth-order valence-corrected chi connectivity index (χ4v) is 3.22. The van der Waals surface area contributed by atoms with Gasteiger partial charge in [0.25, 0.3) is 0 Å². The normalized spacial score (nSPS) is 16.6. The predicted molar refractivity (Wildman–Crippen MR) is 97.6 cm³/mol. The third-order valence-electron chi connectivity index (χ3n) is 4.66. The van der Waals surface area contributed by atoms with Crippen molar-refractivity contribution in [3.05, 3.63) is 47.8 Å². The third kappa shape index (κ3) is 4.67. The molecule has 1 aromatic carbocycles. The smallest absolute Gasteiger partial charge is 0.126 e. The Morgan fingerprint density at radius 3 is 2.84 bits per heavy atom. The second kappa shape index (κ2) is 8.78. The van der Waals surface area contributed by atoms with Crippen LogP contribution in [0.25, 0.3) is 6.08 Å². The Bertz CT molecular complexity index is 690. The average molecular weight is 342 g/mol. The van der Waals surface area contributed by atoms with E-state index in [1.807, 2.05) is 29.1 Å². The molecule has 1 aromatic heterocycles. The Morgan fingerprint density at radius 1 is 1.28 bits per heavy atom. The minimum Gasteiger partial charge on any atom is -0.496 e. The summed E-state index contributed by atoms with van der Waals surface area (Å²) in [6.07, 6.45) is 9.02. The van der Waals surface area contributed by atoms with Crippen LogP contribution in [0.1, 0.15) is 30.1 Å². The van der Waals surface area contributed by atoms with Gasteiger partial charge < -0.3 is 9.84 Å². The van der Waals surface area contributed by atoms with Crippen molar-refractivity contribution in [3.8, 4) is 5.75 Å². The van der Waals surface area contributed by atoms with Gasteiger partial charge in [0, 0.05) is 44.4 Å². The van der Waals surface area contributed by atoms with E-state index < -0.39 is 0 Å². The van der Waals surface area contributed by atoms with Crippen LogP contribution >= 0.6 is 0 Å². The van der Waals surface area contributed by atoms with Crippen LogP contribution in [-0.4, -0.2) is 58.4 Å². The Morgan fingerprint density at radius 2 is 2.08 bits per heavy atom. The van der Waals surface area contributed by atoms with Gasteiger partial charge in [0.15, 0.2) is 0 Å². The van der Waals surface area contributed by atoms with Crippen LogP contribution in [0.15, 0.2) is 36.5 Å². The van der Waals surface area contributed by atoms with Gasteiger partial charge in [-0.2, -0.15) is 0 Å². The van der Waals surface area contributed by atoms with Gasteiger partial charge in [-0.3, -0.25) is 4.90 Å². The van der Waals surface area contributed by atoms with Gasteiger partial charge in [-0.15, -0.1) is 5.10 Å². The van der Waals surface area contributed by atoms with E-state index in [2.05, 4.69) is 33.4 Å². The predicted octanol–water partition coefficient (Wildman–Crippen LogP) is 2.17. The zero-order valence-corrected chi connectivity index (χ0v) is 14.7. The summed E-state index contributed by atoms with van der Waals surface area (Å²) in [5, 5.41) is 17.3.